The van der Waals surface area contributed by atoms with Crippen LogP contribution in [0.5, 0.6) is 0 Å². The summed E-state index contributed by atoms with van der Waals surface area (Å²) in [6.45, 7) is 1.73. The van der Waals surface area contributed by atoms with Crippen molar-refractivity contribution in [2.45, 2.75) is 38.6 Å². The highest BCUT2D eigenvalue weighted by Crippen LogP contribution is 2.39. The molecule has 8 heteroatoms. The summed E-state index contributed by atoms with van der Waals surface area (Å²) in [5.41, 5.74) is -0.974. The summed E-state index contributed by atoms with van der Waals surface area (Å²) in [7, 11) is 0. The van der Waals surface area contributed by atoms with Gasteiger partial charge in [0.2, 0.25) is 0 Å². The molecule has 7 nitrogen and oxygen atoms in total. The van der Waals surface area contributed by atoms with Crippen LogP contribution in [0.3, 0.4) is 0 Å². The van der Waals surface area contributed by atoms with Crippen molar-refractivity contribution in [3.63, 3.8) is 0 Å². The van der Waals surface area contributed by atoms with Crippen molar-refractivity contribution < 1.29 is 14.8 Å². The third-order valence-electron chi connectivity index (χ3n) is 4.05. The SMILES string of the molecule is CC1(C(=O)O)CCCCC1Nc1ncc([N+](=O)[O-])cc1Br. The maximum Gasteiger partial charge on any atom is 0.311 e. The average molecular weight is 358 g/mol. The number of aliphatic carboxylic acids is 1. The molecule has 1 aromatic rings. The van der Waals surface area contributed by atoms with Crippen molar-refractivity contribution in [2.75, 3.05) is 5.32 Å². The van der Waals surface area contributed by atoms with Crippen LogP contribution >= 0.6 is 15.9 Å². The van der Waals surface area contributed by atoms with Crippen LogP contribution in [-0.4, -0.2) is 27.0 Å². The molecule has 0 bridgehead atoms. The molecule has 0 amide bonds. The molecule has 21 heavy (non-hydrogen) atoms. The third kappa shape index (κ3) is 3.15. The van der Waals surface area contributed by atoms with Crippen LogP contribution in [0, 0.1) is 15.5 Å². The second-order valence-electron chi connectivity index (χ2n) is 5.45. The number of aromatic nitrogens is 1. The number of nitrogens with one attached hydrogen (secondary N) is 1. The van der Waals surface area contributed by atoms with Crippen molar-refractivity contribution in [1.29, 1.82) is 0 Å². The van der Waals surface area contributed by atoms with Gasteiger partial charge in [-0.05, 0) is 35.7 Å². The van der Waals surface area contributed by atoms with E-state index in [1.165, 1.54) is 6.07 Å². The molecule has 2 unspecified atom stereocenters. The molecule has 2 atom stereocenters. The van der Waals surface area contributed by atoms with Gasteiger partial charge in [-0.3, -0.25) is 14.9 Å². The number of hydrogen-bond donors (Lipinski definition) is 2. The molecule has 0 saturated heterocycles. The predicted molar refractivity (Wildman–Crippen MR) is 80.2 cm³/mol. The Bertz CT molecular complexity index is 581. The molecule has 1 aromatic heterocycles. The predicted octanol–water partition coefficient (Wildman–Crippen LogP) is 3.20. The maximum atomic E-state index is 11.5. The van der Waals surface area contributed by atoms with E-state index in [1.807, 2.05) is 0 Å². The number of anilines is 1. The zero-order valence-corrected chi connectivity index (χ0v) is 13.1. The van der Waals surface area contributed by atoms with Gasteiger partial charge in [0.1, 0.15) is 12.0 Å². The summed E-state index contributed by atoms with van der Waals surface area (Å²) < 4.78 is 0.454. The molecule has 2 rings (SSSR count). The van der Waals surface area contributed by atoms with Crippen LogP contribution in [-0.2, 0) is 4.79 Å². The van der Waals surface area contributed by atoms with Crippen LogP contribution < -0.4 is 5.32 Å². The summed E-state index contributed by atoms with van der Waals surface area (Å²) >= 11 is 3.24. The normalized spacial score (nSPS) is 25.3. The van der Waals surface area contributed by atoms with Crippen LogP contribution in [0.4, 0.5) is 11.5 Å². The maximum absolute atomic E-state index is 11.5. The Morgan fingerprint density at radius 3 is 2.90 bits per heavy atom. The lowest BCUT2D eigenvalue weighted by Gasteiger charge is -2.38. The summed E-state index contributed by atoms with van der Waals surface area (Å²) in [4.78, 5) is 25.7. The van der Waals surface area contributed by atoms with Gasteiger partial charge in [-0.1, -0.05) is 12.8 Å². The molecular weight excluding hydrogens is 342 g/mol. The lowest BCUT2D eigenvalue weighted by atomic mass is 9.71. The zero-order valence-electron chi connectivity index (χ0n) is 11.5. The first-order valence-electron chi connectivity index (χ1n) is 6.64. The van der Waals surface area contributed by atoms with Gasteiger partial charge in [0.15, 0.2) is 0 Å². The number of nitro groups is 1. The van der Waals surface area contributed by atoms with Gasteiger partial charge in [-0.15, -0.1) is 0 Å². The number of pyridine rings is 1. The Kier molecular flexibility index (Phi) is 4.46. The first kappa shape index (κ1) is 15.7. The second-order valence-corrected chi connectivity index (χ2v) is 6.30. The van der Waals surface area contributed by atoms with Gasteiger partial charge in [0.25, 0.3) is 5.69 Å². The standard InChI is InChI=1S/C13H16BrN3O4/c1-13(12(18)19)5-3-2-4-10(13)16-11-9(14)6-8(7-15-11)17(20)21/h6-7,10H,2-5H2,1H3,(H,15,16)(H,18,19). The van der Waals surface area contributed by atoms with E-state index in [2.05, 4.69) is 26.2 Å². The Labute approximate surface area is 130 Å². The minimum absolute atomic E-state index is 0.114. The van der Waals surface area contributed by atoms with Crippen molar-refractivity contribution in [1.82, 2.24) is 4.98 Å². The quantitative estimate of drug-likeness (QED) is 0.633. The van der Waals surface area contributed by atoms with Crippen LogP contribution in [0.15, 0.2) is 16.7 Å². The number of carboxylic acid groups (broad SMARTS) is 1. The Hall–Kier alpha value is -1.70. The van der Waals surface area contributed by atoms with Crippen molar-refractivity contribution in [2.24, 2.45) is 5.41 Å². The summed E-state index contributed by atoms with van der Waals surface area (Å²) in [5.74, 6) is -0.405. The molecule has 0 radical (unpaired) electrons. The number of nitrogens with zero attached hydrogens (tertiary/aromatic N) is 2. The van der Waals surface area contributed by atoms with E-state index in [-0.39, 0.29) is 11.7 Å². The summed E-state index contributed by atoms with van der Waals surface area (Å²) in [6.07, 6.45) is 4.33. The molecule has 114 valence electrons. The Balaban J connectivity index is 2.24. The second kappa shape index (κ2) is 5.97. The lowest BCUT2D eigenvalue weighted by Crippen LogP contribution is -2.46. The highest BCUT2D eigenvalue weighted by molar-refractivity contribution is 9.10. The van der Waals surface area contributed by atoms with Gasteiger partial charge < -0.3 is 10.4 Å². The number of hydrogen-bond acceptors (Lipinski definition) is 5. The monoisotopic (exact) mass is 357 g/mol. The van der Waals surface area contributed by atoms with E-state index >= 15 is 0 Å². The lowest BCUT2D eigenvalue weighted by molar-refractivity contribution is -0.385. The third-order valence-corrected chi connectivity index (χ3v) is 4.65. The molecule has 0 aliphatic heterocycles. The van der Waals surface area contributed by atoms with E-state index in [9.17, 15) is 20.0 Å². The molecular formula is C13H16BrN3O4. The zero-order chi connectivity index (χ0) is 15.6. The Morgan fingerprint density at radius 2 is 2.33 bits per heavy atom. The number of carbonyl (C=O) groups is 1. The first-order valence-corrected chi connectivity index (χ1v) is 7.44. The fraction of sp³-hybridized carbons (Fsp3) is 0.538. The first-order chi connectivity index (χ1) is 9.84. The number of carboxylic acids is 1. The minimum Gasteiger partial charge on any atom is -0.481 e. The number of rotatable bonds is 4. The molecule has 2 N–H and O–H groups in total. The van der Waals surface area contributed by atoms with Crippen molar-refractivity contribution in [3.8, 4) is 0 Å². The van der Waals surface area contributed by atoms with E-state index in [0.29, 0.717) is 16.7 Å². The van der Waals surface area contributed by atoms with Gasteiger partial charge in [-0.2, -0.15) is 0 Å². The van der Waals surface area contributed by atoms with E-state index in [0.717, 1.165) is 25.5 Å². The Morgan fingerprint density at radius 1 is 1.62 bits per heavy atom. The minimum atomic E-state index is -0.860. The molecule has 1 heterocycles. The van der Waals surface area contributed by atoms with Gasteiger partial charge >= 0.3 is 5.97 Å². The molecule has 1 fully saturated rings. The fourth-order valence-corrected chi connectivity index (χ4v) is 3.07. The van der Waals surface area contributed by atoms with E-state index < -0.39 is 16.3 Å². The molecule has 1 saturated carbocycles. The highest BCUT2D eigenvalue weighted by Gasteiger charge is 2.43. The van der Waals surface area contributed by atoms with Crippen LogP contribution in [0.1, 0.15) is 32.6 Å². The largest absolute Gasteiger partial charge is 0.481 e. The molecule has 0 aromatic carbocycles. The smallest absolute Gasteiger partial charge is 0.311 e. The highest BCUT2D eigenvalue weighted by atomic mass is 79.9. The van der Waals surface area contributed by atoms with Crippen LogP contribution in [0.2, 0.25) is 0 Å². The van der Waals surface area contributed by atoms with Crippen molar-refractivity contribution >= 4 is 33.4 Å². The topological polar surface area (TPSA) is 105 Å². The van der Waals surface area contributed by atoms with Crippen LogP contribution in [0.25, 0.3) is 0 Å². The average Bonchev–Trinajstić information content (AvgIpc) is 2.43. The molecule has 1 aliphatic carbocycles. The van der Waals surface area contributed by atoms with E-state index in [1.54, 1.807) is 6.92 Å². The fourth-order valence-electron chi connectivity index (χ4n) is 2.62. The molecule has 1 aliphatic rings. The summed E-state index contributed by atoms with van der Waals surface area (Å²) in [5, 5.41) is 23.3. The number of halogens is 1. The van der Waals surface area contributed by atoms with Gasteiger partial charge in [0.05, 0.1) is 14.8 Å². The summed E-state index contributed by atoms with van der Waals surface area (Å²) in [6, 6.07) is 1.10. The van der Waals surface area contributed by atoms with E-state index in [4.69, 9.17) is 0 Å². The van der Waals surface area contributed by atoms with Gasteiger partial charge in [0, 0.05) is 12.1 Å². The molecule has 0 spiro atoms. The van der Waals surface area contributed by atoms with Gasteiger partial charge in [-0.25, -0.2) is 4.98 Å². The van der Waals surface area contributed by atoms with Crippen molar-refractivity contribution in [3.05, 3.63) is 26.9 Å².